The molecular formula is C14H18BrF3N2S. The van der Waals surface area contributed by atoms with Gasteiger partial charge < -0.3 is 5.32 Å². The average molecular weight is 383 g/mol. The maximum absolute atomic E-state index is 13.1. The number of thioether (sulfide) groups is 1. The molecule has 1 fully saturated rings. The van der Waals surface area contributed by atoms with Crippen molar-refractivity contribution in [2.45, 2.75) is 43.0 Å². The molecule has 1 aliphatic carbocycles. The molecule has 0 unspecified atom stereocenters. The van der Waals surface area contributed by atoms with Gasteiger partial charge >= 0.3 is 6.18 Å². The normalized spacial score (nSPS) is 18.5. The summed E-state index contributed by atoms with van der Waals surface area (Å²) in [6.45, 7) is 0.520. The van der Waals surface area contributed by atoms with E-state index in [1.165, 1.54) is 12.6 Å². The molecular weight excluding hydrogens is 365 g/mol. The van der Waals surface area contributed by atoms with Gasteiger partial charge in [0, 0.05) is 22.0 Å². The lowest BCUT2D eigenvalue weighted by atomic mass is 9.88. The predicted molar refractivity (Wildman–Crippen MR) is 84.8 cm³/mol. The molecule has 0 aliphatic heterocycles. The van der Waals surface area contributed by atoms with Gasteiger partial charge in [-0.05, 0) is 41.1 Å². The Morgan fingerprint density at radius 2 is 2.00 bits per heavy atom. The second-order valence-electron chi connectivity index (χ2n) is 5.35. The van der Waals surface area contributed by atoms with Crippen molar-refractivity contribution >= 4 is 33.5 Å². The topological polar surface area (TPSA) is 24.9 Å². The van der Waals surface area contributed by atoms with Crippen LogP contribution in [0.15, 0.2) is 16.7 Å². The van der Waals surface area contributed by atoms with E-state index >= 15 is 0 Å². The average Bonchev–Trinajstić information content (AvgIpc) is 2.46. The quantitative estimate of drug-likeness (QED) is 0.760. The minimum absolute atomic E-state index is 0.0237. The summed E-state index contributed by atoms with van der Waals surface area (Å²) in [4.78, 5) is 3.91. The number of hydrogen-bond acceptors (Lipinski definition) is 3. The number of halogens is 4. The summed E-state index contributed by atoms with van der Waals surface area (Å²) >= 11 is 4.79. The van der Waals surface area contributed by atoms with Gasteiger partial charge in [-0.2, -0.15) is 24.9 Å². The van der Waals surface area contributed by atoms with E-state index in [1.807, 2.05) is 6.26 Å². The van der Waals surface area contributed by atoms with Crippen molar-refractivity contribution < 1.29 is 13.2 Å². The molecule has 0 spiro atoms. The highest BCUT2D eigenvalue weighted by Gasteiger charge is 2.36. The van der Waals surface area contributed by atoms with Crippen LogP contribution in [0.3, 0.4) is 0 Å². The molecule has 118 valence electrons. The van der Waals surface area contributed by atoms with Gasteiger partial charge in [-0.3, -0.25) is 0 Å². The maximum atomic E-state index is 13.1. The largest absolute Gasteiger partial charge is 0.419 e. The Morgan fingerprint density at radius 3 is 2.57 bits per heavy atom. The van der Waals surface area contributed by atoms with E-state index in [9.17, 15) is 13.2 Å². The second-order valence-corrected chi connectivity index (χ2v) is 7.54. The van der Waals surface area contributed by atoms with E-state index in [-0.39, 0.29) is 10.6 Å². The Bertz CT molecular complexity index is 488. The van der Waals surface area contributed by atoms with E-state index in [0.29, 0.717) is 11.0 Å². The van der Waals surface area contributed by atoms with E-state index in [2.05, 4.69) is 26.2 Å². The third kappa shape index (κ3) is 4.28. The Hall–Kier alpha value is -0.430. The highest BCUT2D eigenvalue weighted by atomic mass is 79.9. The van der Waals surface area contributed by atoms with E-state index in [4.69, 9.17) is 0 Å². The Kier molecular flexibility index (Phi) is 5.46. The number of hydrogen-bond donors (Lipinski definition) is 1. The Labute approximate surface area is 135 Å². The van der Waals surface area contributed by atoms with Crippen molar-refractivity contribution in [2.24, 2.45) is 0 Å². The third-order valence-corrected chi connectivity index (χ3v) is 5.79. The van der Waals surface area contributed by atoms with Crippen molar-refractivity contribution in [2.75, 3.05) is 18.1 Å². The van der Waals surface area contributed by atoms with Crippen molar-refractivity contribution in [1.82, 2.24) is 4.98 Å². The monoisotopic (exact) mass is 382 g/mol. The molecule has 21 heavy (non-hydrogen) atoms. The fourth-order valence-electron chi connectivity index (χ4n) is 2.69. The van der Waals surface area contributed by atoms with E-state index in [0.717, 1.165) is 31.7 Å². The first-order valence-corrected chi connectivity index (χ1v) is 8.90. The zero-order chi connectivity index (χ0) is 15.5. The molecule has 0 aromatic carbocycles. The number of alkyl halides is 3. The number of rotatable bonds is 4. The van der Waals surface area contributed by atoms with Crippen molar-refractivity contribution in [3.63, 3.8) is 0 Å². The van der Waals surface area contributed by atoms with Crippen LogP contribution in [-0.2, 0) is 6.18 Å². The predicted octanol–water partition coefficient (Wildman–Crippen LogP) is 5.34. The lowest BCUT2D eigenvalue weighted by Gasteiger charge is -2.36. The lowest BCUT2D eigenvalue weighted by molar-refractivity contribution is -0.137. The highest BCUT2D eigenvalue weighted by Crippen LogP contribution is 2.40. The van der Waals surface area contributed by atoms with Crippen molar-refractivity contribution in [1.29, 1.82) is 0 Å². The first kappa shape index (κ1) is 16.9. The van der Waals surface area contributed by atoms with Crippen LogP contribution < -0.4 is 5.32 Å². The number of nitrogens with zero attached hydrogens (tertiary/aromatic N) is 1. The minimum Gasteiger partial charge on any atom is -0.368 e. The van der Waals surface area contributed by atoms with Crippen molar-refractivity contribution in [3.05, 3.63) is 22.3 Å². The number of nitrogens with one attached hydrogen (secondary N) is 1. The van der Waals surface area contributed by atoms with Gasteiger partial charge in [0.05, 0.1) is 5.56 Å². The number of pyridine rings is 1. The highest BCUT2D eigenvalue weighted by molar-refractivity contribution is 9.10. The maximum Gasteiger partial charge on any atom is 0.419 e. The molecule has 0 radical (unpaired) electrons. The van der Waals surface area contributed by atoms with Gasteiger partial charge in [-0.15, -0.1) is 0 Å². The van der Waals surface area contributed by atoms with Crippen LogP contribution in [0, 0.1) is 0 Å². The molecule has 0 saturated heterocycles. The minimum atomic E-state index is -4.40. The molecule has 1 aromatic rings. The van der Waals surface area contributed by atoms with Crippen molar-refractivity contribution in [3.8, 4) is 0 Å². The summed E-state index contributed by atoms with van der Waals surface area (Å²) in [6, 6.07) is 1.07. The number of anilines is 1. The molecule has 0 bridgehead atoms. The molecule has 2 rings (SSSR count). The SMILES string of the molecule is CSC1(CNc2ncc(Br)cc2C(F)(F)F)CCCCC1. The van der Waals surface area contributed by atoms with Gasteiger partial charge in [0.25, 0.3) is 0 Å². The van der Waals surface area contributed by atoms with Crippen LogP contribution in [-0.4, -0.2) is 22.5 Å². The first-order chi connectivity index (χ1) is 9.86. The molecule has 0 amide bonds. The van der Waals surface area contributed by atoms with Crippen LogP contribution in [0.1, 0.15) is 37.7 Å². The molecule has 1 aliphatic rings. The summed E-state index contributed by atoms with van der Waals surface area (Å²) in [6.07, 6.45) is 4.60. The molecule has 1 saturated carbocycles. The summed E-state index contributed by atoms with van der Waals surface area (Å²) in [5.41, 5.74) is -0.719. The Morgan fingerprint density at radius 1 is 1.33 bits per heavy atom. The van der Waals surface area contributed by atoms with Crippen LogP contribution in [0.2, 0.25) is 0 Å². The summed E-state index contributed by atoms with van der Waals surface area (Å²) in [7, 11) is 0. The van der Waals surface area contributed by atoms with Gasteiger partial charge in [-0.25, -0.2) is 4.98 Å². The molecule has 1 N–H and O–H groups in total. The first-order valence-electron chi connectivity index (χ1n) is 6.88. The van der Waals surface area contributed by atoms with Crippen LogP contribution >= 0.6 is 27.7 Å². The molecule has 1 heterocycles. The zero-order valence-electron chi connectivity index (χ0n) is 11.8. The molecule has 1 aromatic heterocycles. The third-order valence-electron chi connectivity index (χ3n) is 3.94. The Balaban J connectivity index is 2.16. The summed E-state index contributed by atoms with van der Waals surface area (Å²) < 4.78 is 39.6. The lowest BCUT2D eigenvalue weighted by Crippen LogP contribution is -2.36. The van der Waals surface area contributed by atoms with Crippen LogP contribution in [0.25, 0.3) is 0 Å². The molecule has 2 nitrogen and oxygen atoms in total. The smallest absolute Gasteiger partial charge is 0.368 e. The summed E-state index contributed by atoms with van der Waals surface area (Å²) in [5.74, 6) is -0.0790. The second kappa shape index (κ2) is 6.77. The molecule has 0 atom stereocenters. The standard InChI is InChI=1S/C14H18BrF3N2S/c1-21-13(5-3-2-4-6-13)9-20-12-11(14(16,17)18)7-10(15)8-19-12/h7-8H,2-6,9H2,1H3,(H,19,20). The van der Waals surface area contributed by atoms with E-state index in [1.54, 1.807) is 11.8 Å². The summed E-state index contributed by atoms with van der Waals surface area (Å²) in [5, 5.41) is 2.94. The van der Waals surface area contributed by atoms with Crippen LogP contribution in [0.5, 0.6) is 0 Å². The molecule has 7 heteroatoms. The van der Waals surface area contributed by atoms with Crippen LogP contribution in [0.4, 0.5) is 19.0 Å². The fraction of sp³-hybridized carbons (Fsp3) is 0.643. The van der Waals surface area contributed by atoms with E-state index < -0.39 is 11.7 Å². The van der Waals surface area contributed by atoms with Gasteiger partial charge in [-0.1, -0.05) is 19.3 Å². The fourth-order valence-corrected chi connectivity index (χ4v) is 3.93. The number of aromatic nitrogens is 1. The van der Waals surface area contributed by atoms with Gasteiger partial charge in [0.1, 0.15) is 5.82 Å². The zero-order valence-corrected chi connectivity index (χ0v) is 14.2. The van der Waals surface area contributed by atoms with Gasteiger partial charge in [0.2, 0.25) is 0 Å². The van der Waals surface area contributed by atoms with Gasteiger partial charge in [0.15, 0.2) is 0 Å².